The Bertz CT molecular complexity index is 407. The largest absolute Gasteiger partial charge is 0.478 e. The first-order valence-electron chi connectivity index (χ1n) is 4.76. The molecule has 0 aromatic carbocycles. The molecule has 1 aromatic heterocycles. The van der Waals surface area contributed by atoms with E-state index < -0.39 is 11.9 Å². The summed E-state index contributed by atoms with van der Waals surface area (Å²) in [4.78, 5) is 30.8. The summed E-state index contributed by atoms with van der Waals surface area (Å²) in [6.07, 6.45) is 1.33. The van der Waals surface area contributed by atoms with Crippen LogP contribution in [-0.4, -0.2) is 42.3 Å². The van der Waals surface area contributed by atoms with E-state index in [1.165, 1.54) is 25.4 Å². The molecule has 0 spiro atoms. The van der Waals surface area contributed by atoms with Gasteiger partial charge in [-0.2, -0.15) is 0 Å². The van der Waals surface area contributed by atoms with Gasteiger partial charge in [-0.3, -0.25) is 14.6 Å². The number of aromatic nitrogens is 1. The normalized spacial score (nSPS) is 9.94. The van der Waals surface area contributed by atoms with E-state index in [1.807, 2.05) is 0 Å². The number of hydrogen-bond donors (Lipinski definition) is 2. The molecule has 1 amide bonds. The van der Waals surface area contributed by atoms with E-state index in [0.717, 1.165) is 0 Å². The standard InChI is InChI=1S/C10H12N2O5/c1-16-5-6-17-12-9(13)8-7(10(14)15)3-2-4-11-8/h2-4H,5-6H2,1H3,(H,12,13)(H,14,15). The third-order valence-corrected chi connectivity index (χ3v) is 1.81. The van der Waals surface area contributed by atoms with Gasteiger partial charge < -0.3 is 9.84 Å². The number of nitrogens with one attached hydrogen (secondary N) is 1. The van der Waals surface area contributed by atoms with Crippen LogP contribution >= 0.6 is 0 Å². The number of pyridine rings is 1. The van der Waals surface area contributed by atoms with Gasteiger partial charge in [0.1, 0.15) is 5.69 Å². The summed E-state index contributed by atoms with van der Waals surface area (Å²) >= 11 is 0. The molecule has 7 nitrogen and oxygen atoms in total. The highest BCUT2D eigenvalue weighted by molar-refractivity contribution is 6.02. The second-order valence-electron chi connectivity index (χ2n) is 2.98. The maximum Gasteiger partial charge on any atom is 0.338 e. The average Bonchev–Trinajstić information content (AvgIpc) is 2.34. The molecule has 0 saturated heterocycles. The Hall–Kier alpha value is -1.99. The van der Waals surface area contributed by atoms with E-state index in [-0.39, 0.29) is 17.9 Å². The minimum Gasteiger partial charge on any atom is -0.478 e. The summed E-state index contributed by atoms with van der Waals surface area (Å²) in [6.45, 7) is 0.478. The summed E-state index contributed by atoms with van der Waals surface area (Å²) in [6, 6.07) is 2.73. The molecule has 0 atom stereocenters. The van der Waals surface area contributed by atoms with Gasteiger partial charge in [0.15, 0.2) is 0 Å². The van der Waals surface area contributed by atoms with E-state index >= 15 is 0 Å². The third kappa shape index (κ3) is 3.82. The van der Waals surface area contributed by atoms with Crippen LogP contribution in [0.4, 0.5) is 0 Å². The second-order valence-corrected chi connectivity index (χ2v) is 2.98. The van der Waals surface area contributed by atoms with Gasteiger partial charge >= 0.3 is 5.97 Å². The quantitative estimate of drug-likeness (QED) is 0.540. The number of carboxylic acids is 1. The number of amides is 1. The highest BCUT2D eigenvalue weighted by Gasteiger charge is 2.17. The summed E-state index contributed by atoms with van der Waals surface area (Å²) in [5, 5.41) is 8.84. The van der Waals surface area contributed by atoms with Crippen molar-refractivity contribution in [3.8, 4) is 0 Å². The van der Waals surface area contributed by atoms with Crippen LogP contribution < -0.4 is 5.48 Å². The van der Waals surface area contributed by atoms with E-state index in [2.05, 4.69) is 10.5 Å². The first-order valence-corrected chi connectivity index (χ1v) is 4.76. The molecule has 0 aliphatic rings. The van der Waals surface area contributed by atoms with E-state index in [9.17, 15) is 9.59 Å². The zero-order valence-corrected chi connectivity index (χ0v) is 9.17. The predicted octanol–water partition coefficient (Wildman–Crippen LogP) is 0.0876. The zero-order chi connectivity index (χ0) is 12.7. The highest BCUT2D eigenvalue weighted by Crippen LogP contribution is 2.04. The van der Waals surface area contributed by atoms with Crippen molar-refractivity contribution in [2.45, 2.75) is 0 Å². The lowest BCUT2D eigenvalue weighted by atomic mass is 10.2. The van der Waals surface area contributed by atoms with Crippen LogP contribution in [0.5, 0.6) is 0 Å². The Kier molecular flexibility index (Phi) is 5.05. The number of hydrogen-bond acceptors (Lipinski definition) is 5. The van der Waals surface area contributed by atoms with Crippen molar-refractivity contribution >= 4 is 11.9 Å². The Morgan fingerprint density at radius 1 is 1.47 bits per heavy atom. The number of hydroxylamine groups is 1. The Morgan fingerprint density at radius 3 is 2.88 bits per heavy atom. The number of rotatable bonds is 6. The number of aromatic carboxylic acids is 1. The number of carbonyl (C=O) groups is 2. The molecule has 17 heavy (non-hydrogen) atoms. The van der Waals surface area contributed by atoms with Gasteiger partial charge in [-0.25, -0.2) is 10.3 Å². The maximum absolute atomic E-state index is 11.5. The van der Waals surface area contributed by atoms with Crippen molar-refractivity contribution in [1.82, 2.24) is 10.5 Å². The molecule has 1 rings (SSSR count). The van der Waals surface area contributed by atoms with Crippen LogP contribution in [-0.2, 0) is 9.57 Å². The number of carbonyl (C=O) groups excluding carboxylic acids is 1. The van der Waals surface area contributed by atoms with Gasteiger partial charge in [0.05, 0.1) is 18.8 Å². The molecule has 2 N–H and O–H groups in total. The number of ether oxygens (including phenoxy) is 1. The van der Waals surface area contributed by atoms with E-state index in [0.29, 0.717) is 6.61 Å². The molecule has 0 fully saturated rings. The van der Waals surface area contributed by atoms with Crippen LogP contribution in [0.15, 0.2) is 18.3 Å². The van der Waals surface area contributed by atoms with Gasteiger partial charge in [-0.15, -0.1) is 0 Å². The Morgan fingerprint density at radius 2 is 2.24 bits per heavy atom. The molecule has 0 aliphatic heterocycles. The van der Waals surface area contributed by atoms with Crippen molar-refractivity contribution in [3.63, 3.8) is 0 Å². The van der Waals surface area contributed by atoms with Crippen molar-refractivity contribution in [2.24, 2.45) is 0 Å². The third-order valence-electron chi connectivity index (χ3n) is 1.81. The minimum absolute atomic E-state index is 0.164. The lowest BCUT2D eigenvalue weighted by molar-refractivity contribution is 0.00843. The van der Waals surface area contributed by atoms with Gasteiger partial charge in [0, 0.05) is 13.3 Å². The fraction of sp³-hybridized carbons (Fsp3) is 0.300. The van der Waals surface area contributed by atoms with Crippen LogP contribution in [0, 0.1) is 0 Å². The Labute approximate surface area is 97.3 Å². The fourth-order valence-corrected chi connectivity index (χ4v) is 1.05. The van der Waals surface area contributed by atoms with Gasteiger partial charge in [0.25, 0.3) is 5.91 Å². The molecule has 0 unspecified atom stereocenters. The molecule has 0 saturated carbocycles. The summed E-state index contributed by atoms with van der Waals surface area (Å²) in [5.41, 5.74) is 1.71. The molecular weight excluding hydrogens is 228 g/mol. The SMILES string of the molecule is COCCONC(=O)c1ncccc1C(=O)O. The molecule has 7 heteroatoms. The van der Waals surface area contributed by atoms with Crippen molar-refractivity contribution in [2.75, 3.05) is 20.3 Å². The molecule has 1 aromatic rings. The molecule has 1 heterocycles. The number of carboxylic acid groups (broad SMARTS) is 1. The highest BCUT2D eigenvalue weighted by atomic mass is 16.7. The molecule has 92 valence electrons. The summed E-state index contributed by atoms with van der Waals surface area (Å²) in [5.74, 6) is -1.93. The Balaban J connectivity index is 2.65. The second kappa shape index (κ2) is 6.56. The van der Waals surface area contributed by atoms with Crippen molar-refractivity contribution in [3.05, 3.63) is 29.6 Å². The van der Waals surface area contributed by atoms with E-state index in [1.54, 1.807) is 0 Å². The van der Waals surface area contributed by atoms with Gasteiger partial charge in [0.2, 0.25) is 0 Å². The topological polar surface area (TPSA) is 97.8 Å². The summed E-state index contributed by atoms with van der Waals surface area (Å²) < 4.78 is 4.71. The average molecular weight is 240 g/mol. The minimum atomic E-state index is -1.22. The number of nitrogens with zero attached hydrogens (tertiary/aromatic N) is 1. The van der Waals surface area contributed by atoms with Crippen molar-refractivity contribution in [1.29, 1.82) is 0 Å². The van der Waals surface area contributed by atoms with Crippen LogP contribution in [0.25, 0.3) is 0 Å². The maximum atomic E-state index is 11.5. The molecule has 0 aliphatic carbocycles. The van der Waals surface area contributed by atoms with Gasteiger partial charge in [-0.05, 0) is 12.1 Å². The molecular formula is C10H12N2O5. The lowest BCUT2D eigenvalue weighted by Crippen LogP contribution is -2.28. The van der Waals surface area contributed by atoms with Crippen LogP contribution in [0.3, 0.4) is 0 Å². The fourth-order valence-electron chi connectivity index (χ4n) is 1.05. The number of methoxy groups -OCH3 is 1. The lowest BCUT2D eigenvalue weighted by Gasteiger charge is -2.06. The van der Waals surface area contributed by atoms with Crippen molar-refractivity contribution < 1.29 is 24.3 Å². The van der Waals surface area contributed by atoms with Crippen LogP contribution in [0.2, 0.25) is 0 Å². The first kappa shape index (κ1) is 13.1. The summed E-state index contributed by atoms with van der Waals surface area (Å²) in [7, 11) is 1.49. The monoisotopic (exact) mass is 240 g/mol. The van der Waals surface area contributed by atoms with Crippen LogP contribution in [0.1, 0.15) is 20.8 Å². The predicted molar refractivity (Wildman–Crippen MR) is 56.5 cm³/mol. The van der Waals surface area contributed by atoms with Gasteiger partial charge in [-0.1, -0.05) is 0 Å². The molecule has 0 radical (unpaired) electrons. The first-order chi connectivity index (χ1) is 8.16. The van der Waals surface area contributed by atoms with E-state index in [4.69, 9.17) is 14.7 Å². The smallest absolute Gasteiger partial charge is 0.338 e. The molecule has 0 bridgehead atoms. The zero-order valence-electron chi connectivity index (χ0n) is 9.17.